The van der Waals surface area contributed by atoms with Gasteiger partial charge in [-0.2, -0.15) is 0 Å². The molecule has 3 rings (SSSR count). The minimum absolute atomic E-state index is 0.134. The molecule has 1 aliphatic heterocycles. The molecule has 0 saturated carbocycles. The van der Waals surface area contributed by atoms with E-state index < -0.39 is 0 Å². The molecule has 0 spiro atoms. The summed E-state index contributed by atoms with van der Waals surface area (Å²) < 4.78 is 0. The molecule has 0 bridgehead atoms. The lowest BCUT2D eigenvalue weighted by Crippen LogP contribution is -2.18. The molecule has 1 aliphatic rings. The van der Waals surface area contributed by atoms with Crippen LogP contribution in [-0.2, 0) is 12.8 Å². The maximum atomic E-state index is 12.5. The second-order valence-electron chi connectivity index (χ2n) is 6.16. The number of ketones is 1. The molecule has 0 aromatic heterocycles. The van der Waals surface area contributed by atoms with Crippen LogP contribution in [0.1, 0.15) is 34.3 Å². The van der Waals surface area contributed by atoms with Gasteiger partial charge in [-0.25, -0.2) is 0 Å². The van der Waals surface area contributed by atoms with Crippen LogP contribution in [0.2, 0.25) is 10.0 Å². The molecule has 0 unspecified atom stereocenters. The van der Waals surface area contributed by atoms with Crippen LogP contribution in [0.5, 0.6) is 0 Å². The van der Waals surface area contributed by atoms with Gasteiger partial charge in [-0.3, -0.25) is 9.79 Å². The molecule has 25 heavy (non-hydrogen) atoms. The fraction of sp³-hybridized carbons (Fsp3) is 0.300. The third kappa shape index (κ3) is 5.32. The molecule has 0 fully saturated rings. The smallest absolute Gasteiger partial charge is 0.163 e. The molecule has 2 aromatic rings. The van der Waals surface area contributed by atoms with Crippen LogP contribution < -0.4 is 5.32 Å². The van der Waals surface area contributed by atoms with E-state index in [4.69, 9.17) is 23.2 Å². The quantitative estimate of drug-likeness (QED) is 0.710. The minimum atomic E-state index is 0.134. The largest absolute Gasteiger partial charge is 0.372 e. The van der Waals surface area contributed by atoms with Gasteiger partial charge >= 0.3 is 0 Å². The molecular formula is C20H20Cl2N2O. The van der Waals surface area contributed by atoms with Crippen LogP contribution in [0.25, 0.3) is 0 Å². The molecular weight excluding hydrogens is 355 g/mol. The average molecular weight is 375 g/mol. The number of rotatable bonds is 7. The first-order chi connectivity index (χ1) is 12.1. The predicted octanol–water partition coefficient (Wildman–Crippen LogP) is 4.74. The van der Waals surface area contributed by atoms with Crippen molar-refractivity contribution in [2.75, 3.05) is 13.1 Å². The summed E-state index contributed by atoms with van der Waals surface area (Å²) in [5.74, 6) is 1.20. The summed E-state index contributed by atoms with van der Waals surface area (Å²) in [5, 5.41) is 4.47. The van der Waals surface area contributed by atoms with Crippen molar-refractivity contribution in [1.29, 1.82) is 0 Å². The minimum Gasteiger partial charge on any atom is -0.372 e. The number of nitrogens with zero attached hydrogens (tertiary/aromatic N) is 1. The van der Waals surface area contributed by atoms with Gasteiger partial charge in [-0.05, 0) is 48.2 Å². The van der Waals surface area contributed by atoms with E-state index in [0.29, 0.717) is 22.9 Å². The van der Waals surface area contributed by atoms with E-state index in [1.807, 2.05) is 30.3 Å². The zero-order valence-electron chi connectivity index (χ0n) is 13.9. The number of amidine groups is 1. The number of benzene rings is 2. The highest BCUT2D eigenvalue weighted by Gasteiger charge is 2.09. The summed E-state index contributed by atoms with van der Waals surface area (Å²) in [5.41, 5.74) is 2.90. The Balaban J connectivity index is 1.58. The third-order valence-electron chi connectivity index (χ3n) is 4.21. The zero-order valence-corrected chi connectivity index (χ0v) is 15.4. The van der Waals surface area contributed by atoms with Crippen LogP contribution in [-0.4, -0.2) is 24.7 Å². The summed E-state index contributed by atoms with van der Waals surface area (Å²) in [4.78, 5) is 16.9. The van der Waals surface area contributed by atoms with Crippen molar-refractivity contribution in [3.05, 3.63) is 69.2 Å². The van der Waals surface area contributed by atoms with Crippen molar-refractivity contribution in [3.8, 4) is 0 Å². The number of aliphatic imine (C=N–C) groups is 1. The van der Waals surface area contributed by atoms with Crippen LogP contribution in [0, 0.1) is 0 Å². The van der Waals surface area contributed by atoms with Crippen LogP contribution in [0.3, 0.4) is 0 Å². The Kier molecular flexibility index (Phi) is 6.11. The molecule has 5 heteroatoms. The average Bonchev–Trinajstić information content (AvgIpc) is 3.11. The first-order valence-electron chi connectivity index (χ1n) is 8.44. The lowest BCUT2D eigenvalue weighted by Gasteiger charge is -2.07. The second-order valence-corrected chi connectivity index (χ2v) is 7.03. The number of carbonyl (C=O) groups excluding carboxylic acids is 1. The molecule has 0 atom stereocenters. The van der Waals surface area contributed by atoms with Gasteiger partial charge in [0.25, 0.3) is 0 Å². The molecule has 130 valence electrons. The van der Waals surface area contributed by atoms with Crippen LogP contribution >= 0.6 is 23.2 Å². The van der Waals surface area contributed by atoms with Gasteiger partial charge in [0, 0.05) is 35.0 Å². The molecule has 0 saturated heterocycles. The Morgan fingerprint density at radius 2 is 1.80 bits per heavy atom. The standard InChI is InChI=1S/C20H20Cl2N2O/c21-17-11-15(12-18(22)13-17)4-6-19(25)16-3-1-2-14(10-16)5-7-20-23-8-9-24-20/h1-3,10-13H,4-9H2,(H,23,24). The van der Waals surface area contributed by atoms with E-state index in [1.54, 1.807) is 6.07 Å². The highest BCUT2D eigenvalue weighted by Crippen LogP contribution is 2.20. The fourth-order valence-electron chi connectivity index (χ4n) is 2.93. The number of hydrogen-bond acceptors (Lipinski definition) is 3. The van der Waals surface area contributed by atoms with E-state index in [-0.39, 0.29) is 5.78 Å². The normalized spacial score (nSPS) is 13.4. The molecule has 3 nitrogen and oxygen atoms in total. The Labute approximate surface area is 158 Å². The van der Waals surface area contributed by atoms with E-state index in [2.05, 4.69) is 16.4 Å². The maximum Gasteiger partial charge on any atom is 0.163 e. The van der Waals surface area contributed by atoms with Crippen LogP contribution in [0.4, 0.5) is 0 Å². The number of aryl methyl sites for hydroxylation is 2. The van der Waals surface area contributed by atoms with Crippen molar-refractivity contribution in [3.63, 3.8) is 0 Å². The summed E-state index contributed by atoms with van der Waals surface area (Å²) in [6.07, 6.45) is 2.84. The Hall–Kier alpha value is -1.84. The monoisotopic (exact) mass is 374 g/mol. The summed E-state index contributed by atoms with van der Waals surface area (Å²) in [6, 6.07) is 13.3. The highest BCUT2D eigenvalue weighted by atomic mass is 35.5. The van der Waals surface area contributed by atoms with Gasteiger partial charge in [0.2, 0.25) is 0 Å². The van der Waals surface area contributed by atoms with Gasteiger partial charge in [0.05, 0.1) is 12.4 Å². The van der Waals surface area contributed by atoms with Gasteiger partial charge in [0.1, 0.15) is 0 Å². The van der Waals surface area contributed by atoms with Gasteiger partial charge in [-0.1, -0.05) is 41.4 Å². The number of hydrogen-bond donors (Lipinski definition) is 1. The number of Topliss-reactive ketones (excluding diaryl/α,β-unsaturated/α-hetero) is 1. The fourth-order valence-corrected chi connectivity index (χ4v) is 3.51. The molecule has 1 heterocycles. The van der Waals surface area contributed by atoms with Crippen molar-refractivity contribution in [2.24, 2.45) is 4.99 Å². The second kappa shape index (κ2) is 8.50. The zero-order chi connectivity index (χ0) is 17.6. The molecule has 1 N–H and O–H groups in total. The van der Waals surface area contributed by atoms with Crippen molar-refractivity contribution < 1.29 is 4.79 Å². The van der Waals surface area contributed by atoms with Crippen LogP contribution in [0.15, 0.2) is 47.5 Å². The molecule has 2 aromatic carbocycles. The lowest BCUT2D eigenvalue weighted by atomic mass is 9.99. The topological polar surface area (TPSA) is 41.5 Å². The van der Waals surface area contributed by atoms with E-state index in [9.17, 15) is 4.79 Å². The van der Waals surface area contributed by atoms with E-state index in [1.165, 1.54) is 0 Å². The number of nitrogens with one attached hydrogen (secondary N) is 1. The summed E-state index contributed by atoms with van der Waals surface area (Å²) in [7, 11) is 0. The summed E-state index contributed by atoms with van der Waals surface area (Å²) in [6.45, 7) is 1.79. The first-order valence-corrected chi connectivity index (χ1v) is 9.20. The number of halogens is 2. The third-order valence-corrected chi connectivity index (χ3v) is 4.64. The van der Waals surface area contributed by atoms with Gasteiger partial charge in [-0.15, -0.1) is 0 Å². The number of carbonyl (C=O) groups is 1. The highest BCUT2D eigenvalue weighted by molar-refractivity contribution is 6.34. The van der Waals surface area contributed by atoms with Crippen molar-refractivity contribution in [2.45, 2.75) is 25.7 Å². The Morgan fingerprint density at radius 3 is 2.52 bits per heavy atom. The SMILES string of the molecule is O=C(CCc1cc(Cl)cc(Cl)c1)c1cccc(CCC2=NCCN2)c1. The van der Waals surface area contributed by atoms with Crippen molar-refractivity contribution >= 4 is 34.8 Å². The van der Waals surface area contributed by atoms with Gasteiger partial charge < -0.3 is 5.32 Å². The van der Waals surface area contributed by atoms with E-state index >= 15 is 0 Å². The Morgan fingerprint density at radius 1 is 1.00 bits per heavy atom. The Bertz CT molecular complexity index is 782. The van der Waals surface area contributed by atoms with E-state index in [0.717, 1.165) is 48.5 Å². The lowest BCUT2D eigenvalue weighted by molar-refractivity contribution is 0.0982. The molecule has 0 aliphatic carbocycles. The van der Waals surface area contributed by atoms with Gasteiger partial charge in [0.15, 0.2) is 5.78 Å². The van der Waals surface area contributed by atoms with Crippen molar-refractivity contribution in [1.82, 2.24) is 5.32 Å². The molecule has 0 amide bonds. The summed E-state index contributed by atoms with van der Waals surface area (Å²) >= 11 is 12.0. The molecule has 0 radical (unpaired) electrons. The predicted molar refractivity (Wildman–Crippen MR) is 104 cm³/mol. The maximum absolute atomic E-state index is 12.5. The first kappa shape index (κ1) is 18.0.